The first-order valence-electron chi connectivity index (χ1n) is 7.79. The molecule has 3 rings (SSSR count). The van der Waals surface area contributed by atoms with E-state index in [2.05, 4.69) is 10.3 Å². The third-order valence-corrected chi connectivity index (χ3v) is 3.95. The molecule has 6 heteroatoms. The Morgan fingerprint density at radius 3 is 2.70 bits per heavy atom. The number of benzene rings is 1. The minimum absolute atomic E-state index is 0.116. The van der Waals surface area contributed by atoms with E-state index < -0.39 is 0 Å². The molecular formula is C17H21N3O3. The zero-order chi connectivity index (χ0) is 16.6. The molecule has 0 radical (unpaired) electrons. The van der Waals surface area contributed by atoms with Crippen LogP contribution in [0.3, 0.4) is 0 Å². The maximum Gasteiger partial charge on any atom is 0.300 e. The summed E-state index contributed by atoms with van der Waals surface area (Å²) in [5, 5.41) is 16.2. The Kier molecular flexibility index (Phi) is 3.93. The minimum atomic E-state index is -0.327. The van der Waals surface area contributed by atoms with Crippen molar-refractivity contribution in [3.63, 3.8) is 0 Å². The van der Waals surface area contributed by atoms with E-state index in [1.165, 1.54) is 0 Å². The number of anilines is 1. The van der Waals surface area contributed by atoms with E-state index in [-0.39, 0.29) is 28.4 Å². The molecule has 1 saturated carbocycles. The lowest BCUT2D eigenvalue weighted by molar-refractivity contribution is -0.382. The van der Waals surface area contributed by atoms with E-state index in [9.17, 15) is 10.1 Å². The van der Waals surface area contributed by atoms with E-state index in [1.54, 1.807) is 24.5 Å². The second-order valence-corrected chi connectivity index (χ2v) is 6.98. The summed E-state index contributed by atoms with van der Waals surface area (Å²) in [4.78, 5) is 15.2. The molecule has 1 aromatic heterocycles. The maximum absolute atomic E-state index is 11.5. The number of nitrogens with one attached hydrogen (secondary N) is 1. The van der Waals surface area contributed by atoms with Crippen molar-refractivity contribution in [3.05, 3.63) is 40.7 Å². The highest BCUT2D eigenvalue weighted by molar-refractivity contribution is 5.96. The summed E-state index contributed by atoms with van der Waals surface area (Å²) in [5.41, 5.74) is 0.524. The highest BCUT2D eigenvalue weighted by atomic mass is 16.6. The Morgan fingerprint density at radius 1 is 1.30 bits per heavy atom. The first-order chi connectivity index (χ1) is 10.8. The van der Waals surface area contributed by atoms with Crippen LogP contribution in [0.25, 0.3) is 10.8 Å². The molecule has 122 valence electrons. The first-order valence-corrected chi connectivity index (χ1v) is 7.79. The summed E-state index contributed by atoms with van der Waals surface area (Å²) in [7, 11) is 0. The van der Waals surface area contributed by atoms with Crippen molar-refractivity contribution in [1.82, 2.24) is 4.98 Å². The largest absolute Gasteiger partial charge is 0.377 e. The average Bonchev–Trinajstić information content (AvgIpc) is 2.42. The third kappa shape index (κ3) is 3.42. The minimum Gasteiger partial charge on any atom is -0.377 e. The lowest BCUT2D eigenvalue weighted by Crippen LogP contribution is -2.44. The van der Waals surface area contributed by atoms with Crippen molar-refractivity contribution in [1.29, 1.82) is 0 Å². The van der Waals surface area contributed by atoms with Gasteiger partial charge in [0.05, 0.1) is 22.0 Å². The van der Waals surface area contributed by atoms with Gasteiger partial charge in [-0.3, -0.25) is 15.1 Å². The number of rotatable bonds is 4. The van der Waals surface area contributed by atoms with Gasteiger partial charge in [-0.1, -0.05) is 6.07 Å². The second-order valence-electron chi connectivity index (χ2n) is 6.98. The van der Waals surface area contributed by atoms with Gasteiger partial charge in [-0.2, -0.15) is 0 Å². The fourth-order valence-corrected chi connectivity index (χ4v) is 2.97. The number of nitrogens with zero attached hydrogens (tertiary/aromatic N) is 2. The van der Waals surface area contributed by atoms with Crippen molar-refractivity contribution in [2.45, 2.75) is 51.4 Å². The molecule has 1 aliphatic carbocycles. The summed E-state index contributed by atoms with van der Waals surface area (Å²) in [5.74, 6) is 0. The molecule has 1 heterocycles. The summed E-state index contributed by atoms with van der Waals surface area (Å²) in [6, 6.07) is 5.52. The molecule has 0 unspecified atom stereocenters. The van der Waals surface area contributed by atoms with Crippen molar-refractivity contribution in [2.75, 3.05) is 5.32 Å². The van der Waals surface area contributed by atoms with Gasteiger partial charge in [-0.15, -0.1) is 0 Å². The Balaban J connectivity index is 1.77. The average molecular weight is 315 g/mol. The Labute approximate surface area is 135 Å². The fraction of sp³-hybridized carbons (Fsp3) is 0.471. The van der Waals surface area contributed by atoms with Gasteiger partial charge in [-0.25, -0.2) is 0 Å². The number of nitro benzene ring substituents is 1. The predicted molar refractivity (Wildman–Crippen MR) is 89.7 cm³/mol. The molecule has 1 N–H and O–H groups in total. The van der Waals surface area contributed by atoms with Crippen LogP contribution in [0.15, 0.2) is 30.6 Å². The molecule has 23 heavy (non-hydrogen) atoms. The Bertz CT molecular complexity index is 733. The lowest BCUT2D eigenvalue weighted by atomic mass is 9.88. The zero-order valence-corrected chi connectivity index (χ0v) is 13.6. The number of hydrogen-bond donors (Lipinski definition) is 1. The molecule has 0 spiro atoms. The Hall–Kier alpha value is -2.21. The highest BCUT2D eigenvalue weighted by Crippen LogP contribution is 2.36. The van der Waals surface area contributed by atoms with Crippen LogP contribution in [0.5, 0.6) is 0 Å². The van der Waals surface area contributed by atoms with Gasteiger partial charge in [0.25, 0.3) is 5.69 Å². The van der Waals surface area contributed by atoms with Crippen LogP contribution < -0.4 is 5.32 Å². The molecule has 0 bridgehead atoms. The molecule has 2 aromatic rings. The second kappa shape index (κ2) is 5.77. The van der Waals surface area contributed by atoms with Gasteiger partial charge in [0.15, 0.2) is 0 Å². The van der Waals surface area contributed by atoms with E-state index in [0.717, 1.165) is 18.2 Å². The summed E-state index contributed by atoms with van der Waals surface area (Å²) in [6.45, 7) is 6.11. The zero-order valence-electron chi connectivity index (χ0n) is 13.6. The molecule has 0 aliphatic heterocycles. The third-order valence-electron chi connectivity index (χ3n) is 3.95. The standard InChI is InChI=1S/C17H21N3O3/c1-17(2,3)23-13-8-12(9-13)19-15-5-4-11-10-18-7-6-14(11)16(15)20(21)22/h4-7,10,12-13,19H,8-9H2,1-3H3. The van der Waals surface area contributed by atoms with Gasteiger partial charge in [0.1, 0.15) is 5.69 Å². The fourth-order valence-electron chi connectivity index (χ4n) is 2.97. The smallest absolute Gasteiger partial charge is 0.300 e. The first kappa shape index (κ1) is 15.7. The number of nitro groups is 1. The number of ether oxygens (including phenoxy) is 1. The predicted octanol–water partition coefficient (Wildman–Crippen LogP) is 3.90. The maximum atomic E-state index is 11.5. The van der Waals surface area contributed by atoms with Crippen molar-refractivity contribution in [2.24, 2.45) is 0 Å². The highest BCUT2D eigenvalue weighted by Gasteiger charge is 2.34. The topological polar surface area (TPSA) is 77.3 Å². The quantitative estimate of drug-likeness (QED) is 0.684. The van der Waals surface area contributed by atoms with Crippen LogP contribution in [0.1, 0.15) is 33.6 Å². The van der Waals surface area contributed by atoms with Crippen LogP contribution in [0.2, 0.25) is 0 Å². The van der Waals surface area contributed by atoms with E-state index in [1.807, 2.05) is 26.8 Å². The molecule has 1 aromatic carbocycles. The van der Waals surface area contributed by atoms with E-state index in [0.29, 0.717) is 11.1 Å². The summed E-state index contributed by atoms with van der Waals surface area (Å²) >= 11 is 0. The van der Waals surface area contributed by atoms with Gasteiger partial charge < -0.3 is 10.1 Å². The van der Waals surface area contributed by atoms with Gasteiger partial charge in [-0.05, 0) is 45.7 Å². The van der Waals surface area contributed by atoms with Gasteiger partial charge >= 0.3 is 0 Å². The monoisotopic (exact) mass is 315 g/mol. The van der Waals surface area contributed by atoms with Crippen molar-refractivity contribution < 1.29 is 9.66 Å². The van der Waals surface area contributed by atoms with Crippen molar-refractivity contribution >= 4 is 22.1 Å². The van der Waals surface area contributed by atoms with Gasteiger partial charge in [0, 0.05) is 23.8 Å². The molecule has 0 saturated heterocycles. The number of hydrogen-bond acceptors (Lipinski definition) is 5. The normalized spacial score (nSPS) is 21.0. The van der Waals surface area contributed by atoms with Crippen LogP contribution in [0, 0.1) is 10.1 Å². The number of aromatic nitrogens is 1. The van der Waals surface area contributed by atoms with Crippen LogP contribution in [0.4, 0.5) is 11.4 Å². The van der Waals surface area contributed by atoms with Crippen LogP contribution in [-0.4, -0.2) is 27.7 Å². The molecule has 0 atom stereocenters. The van der Waals surface area contributed by atoms with Crippen LogP contribution >= 0.6 is 0 Å². The van der Waals surface area contributed by atoms with Crippen molar-refractivity contribution in [3.8, 4) is 0 Å². The molecule has 1 aliphatic rings. The molecular weight excluding hydrogens is 294 g/mol. The summed E-state index contributed by atoms with van der Waals surface area (Å²) < 4.78 is 5.91. The SMILES string of the molecule is CC(C)(C)OC1CC(Nc2ccc3cnccc3c2[N+](=O)[O-])C1. The van der Waals surface area contributed by atoms with E-state index >= 15 is 0 Å². The lowest BCUT2D eigenvalue weighted by Gasteiger charge is -2.39. The van der Waals surface area contributed by atoms with Gasteiger partial charge in [0.2, 0.25) is 0 Å². The Morgan fingerprint density at radius 2 is 2.04 bits per heavy atom. The number of fused-ring (bicyclic) bond motifs is 1. The molecule has 6 nitrogen and oxygen atoms in total. The van der Waals surface area contributed by atoms with E-state index in [4.69, 9.17) is 4.74 Å². The van der Waals surface area contributed by atoms with Crippen LogP contribution in [-0.2, 0) is 4.74 Å². The molecule has 0 amide bonds. The number of pyridine rings is 1. The molecule has 1 fully saturated rings. The summed E-state index contributed by atoms with van der Waals surface area (Å²) in [6.07, 6.45) is 5.17.